The molecule has 0 amide bonds. The van der Waals surface area contributed by atoms with Crippen molar-refractivity contribution in [2.75, 3.05) is 6.61 Å². The number of rotatable bonds is 7. The number of carbonyl (C=O) groups excluding carboxylic acids is 2. The number of aromatic hydroxyl groups is 2. The van der Waals surface area contributed by atoms with Gasteiger partial charge in [-0.2, -0.15) is 0 Å². The summed E-state index contributed by atoms with van der Waals surface area (Å²) in [5.41, 5.74) is 0.237. The summed E-state index contributed by atoms with van der Waals surface area (Å²) in [5.74, 6) is -5.06. The molecule has 0 bridgehead atoms. The number of carboxylic acids is 1. The van der Waals surface area contributed by atoms with Crippen LogP contribution in [0.2, 0.25) is 0 Å². The maximum atomic E-state index is 12.2. The van der Waals surface area contributed by atoms with Crippen molar-refractivity contribution in [3.8, 4) is 11.5 Å². The van der Waals surface area contributed by atoms with Crippen molar-refractivity contribution >= 4 is 24.0 Å². The third kappa shape index (κ3) is 6.15. The van der Waals surface area contributed by atoms with Gasteiger partial charge in [0.05, 0.1) is 24.2 Å². The molecule has 4 rings (SSSR count). The van der Waals surface area contributed by atoms with Crippen molar-refractivity contribution in [2.24, 2.45) is 11.8 Å². The van der Waals surface area contributed by atoms with Crippen LogP contribution in [-0.2, 0) is 38.1 Å². The first-order valence-electron chi connectivity index (χ1n) is 12.0. The standard InChI is InChI=1S/C25H28O14/c1-10-19-12(7-18(29)37-10)13(23(33)34)8-36-24(19)39-25-22(32)21(31)20(30)16(38-25)9-35-17(28)5-3-11-2-4-14(26)15(27)6-11/h2-6,8,10,12,16,19-22,24-27,30-32H,7,9H2,1H3,(H,33,34)/t10-,12+,16-,19-,20+,21-,22+,24+,25-/m0/s1. The van der Waals surface area contributed by atoms with Crippen LogP contribution >= 0.6 is 0 Å². The summed E-state index contributed by atoms with van der Waals surface area (Å²) in [4.78, 5) is 35.7. The third-order valence-corrected chi connectivity index (χ3v) is 6.74. The van der Waals surface area contributed by atoms with Crippen molar-refractivity contribution in [1.82, 2.24) is 0 Å². The summed E-state index contributed by atoms with van der Waals surface area (Å²) in [6.45, 7) is 0.981. The first kappa shape index (κ1) is 28.3. The Morgan fingerprint density at radius 3 is 2.51 bits per heavy atom. The highest BCUT2D eigenvalue weighted by Crippen LogP contribution is 2.41. The molecular formula is C25H28O14. The fraction of sp³-hybridized carbons (Fsp3) is 0.480. The molecule has 2 fully saturated rings. The zero-order chi connectivity index (χ0) is 28.4. The number of benzene rings is 1. The Kier molecular flexibility index (Phi) is 8.42. The monoisotopic (exact) mass is 552 g/mol. The number of esters is 2. The molecule has 9 atom stereocenters. The number of ether oxygens (including phenoxy) is 5. The number of hydrogen-bond acceptors (Lipinski definition) is 13. The average Bonchev–Trinajstić information content (AvgIpc) is 2.88. The molecular weight excluding hydrogens is 524 g/mol. The normalized spacial score (nSPS) is 34.4. The van der Waals surface area contributed by atoms with E-state index in [1.807, 2.05) is 0 Å². The van der Waals surface area contributed by atoms with Crippen molar-refractivity contribution in [3.63, 3.8) is 0 Å². The minimum atomic E-state index is -1.77. The molecule has 2 saturated heterocycles. The number of hydrogen-bond donors (Lipinski definition) is 6. The molecule has 6 N–H and O–H groups in total. The van der Waals surface area contributed by atoms with Gasteiger partial charge in [-0.15, -0.1) is 0 Å². The molecule has 0 radical (unpaired) electrons. The van der Waals surface area contributed by atoms with Crippen LogP contribution in [0.3, 0.4) is 0 Å². The van der Waals surface area contributed by atoms with E-state index in [0.29, 0.717) is 5.56 Å². The van der Waals surface area contributed by atoms with Gasteiger partial charge in [0.1, 0.15) is 37.1 Å². The number of aliphatic hydroxyl groups excluding tert-OH is 3. The van der Waals surface area contributed by atoms with Gasteiger partial charge in [-0.25, -0.2) is 9.59 Å². The van der Waals surface area contributed by atoms with Gasteiger partial charge in [0.2, 0.25) is 6.29 Å². The maximum absolute atomic E-state index is 12.2. The van der Waals surface area contributed by atoms with E-state index in [-0.39, 0.29) is 23.5 Å². The van der Waals surface area contributed by atoms with Gasteiger partial charge < -0.3 is 54.3 Å². The second-order valence-corrected chi connectivity index (χ2v) is 9.33. The lowest BCUT2D eigenvalue weighted by atomic mass is 9.77. The molecule has 0 aliphatic carbocycles. The fourth-order valence-corrected chi connectivity index (χ4v) is 4.67. The summed E-state index contributed by atoms with van der Waals surface area (Å²) in [6.07, 6.45) is -7.17. The van der Waals surface area contributed by atoms with Gasteiger partial charge in [-0.05, 0) is 30.7 Å². The van der Waals surface area contributed by atoms with E-state index in [4.69, 9.17) is 23.7 Å². The first-order valence-corrected chi connectivity index (χ1v) is 12.0. The Balaban J connectivity index is 1.41. The predicted octanol–water partition coefficient (Wildman–Crippen LogP) is -0.629. The number of phenolic OH excluding ortho intramolecular Hbond substituents is 2. The summed E-state index contributed by atoms with van der Waals surface area (Å²) < 4.78 is 27.0. The predicted molar refractivity (Wildman–Crippen MR) is 125 cm³/mol. The Hall–Kier alpha value is -3.69. The molecule has 0 spiro atoms. The van der Waals surface area contributed by atoms with E-state index in [9.17, 15) is 45.0 Å². The Morgan fingerprint density at radius 1 is 1.08 bits per heavy atom. The highest BCUT2D eigenvalue weighted by Gasteiger charge is 2.52. The van der Waals surface area contributed by atoms with E-state index in [0.717, 1.165) is 12.3 Å². The zero-order valence-corrected chi connectivity index (χ0v) is 20.5. The first-order chi connectivity index (χ1) is 18.5. The Bertz CT molecular complexity index is 1160. The number of cyclic esters (lactones) is 1. The second kappa shape index (κ2) is 11.6. The van der Waals surface area contributed by atoms with Crippen LogP contribution in [0.4, 0.5) is 0 Å². The number of phenols is 2. The van der Waals surface area contributed by atoms with Crippen LogP contribution in [0.5, 0.6) is 11.5 Å². The number of carboxylic acid groups (broad SMARTS) is 1. The lowest BCUT2D eigenvalue weighted by Crippen LogP contribution is -2.61. The van der Waals surface area contributed by atoms with Gasteiger partial charge in [-0.3, -0.25) is 4.79 Å². The molecule has 14 heteroatoms. The summed E-state index contributed by atoms with van der Waals surface area (Å²) in [5, 5.41) is 59.5. The molecule has 0 unspecified atom stereocenters. The highest BCUT2D eigenvalue weighted by molar-refractivity contribution is 5.88. The van der Waals surface area contributed by atoms with E-state index in [1.165, 1.54) is 31.2 Å². The summed E-state index contributed by atoms with van der Waals surface area (Å²) in [6, 6.07) is 3.88. The molecule has 39 heavy (non-hydrogen) atoms. The Labute approximate surface area is 221 Å². The molecule has 14 nitrogen and oxygen atoms in total. The van der Waals surface area contributed by atoms with Crippen LogP contribution in [-0.4, -0.2) is 98.3 Å². The SMILES string of the molecule is C[C@@H]1OC(=O)C[C@@H]2C(C(=O)O)=CO[C@H](O[C@@H]3O[C@@H](COC(=O)C=Cc4ccc(O)c(O)c4)[C@@H](O)[C@H](O)[C@H]3O)[C@@H]12. The van der Waals surface area contributed by atoms with Crippen LogP contribution < -0.4 is 0 Å². The minimum Gasteiger partial charge on any atom is -0.504 e. The van der Waals surface area contributed by atoms with Crippen molar-refractivity contribution in [2.45, 2.75) is 56.4 Å². The van der Waals surface area contributed by atoms with E-state index >= 15 is 0 Å². The largest absolute Gasteiger partial charge is 0.504 e. The third-order valence-electron chi connectivity index (χ3n) is 6.74. The average molecular weight is 552 g/mol. The lowest BCUT2D eigenvalue weighted by molar-refractivity contribution is -0.346. The van der Waals surface area contributed by atoms with Gasteiger partial charge in [0.25, 0.3) is 0 Å². The Morgan fingerprint density at radius 2 is 1.82 bits per heavy atom. The van der Waals surface area contributed by atoms with E-state index in [2.05, 4.69) is 0 Å². The lowest BCUT2D eigenvalue weighted by Gasteiger charge is -2.45. The second-order valence-electron chi connectivity index (χ2n) is 9.33. The van der Waals surface area contributed by atoms with Crippen LogP contribution in [0.15, 0.2) is 36.1 Å². The number of carbonyl (C=O) groups is 3. The van der Waals surface area contributed by atoms with Crippen LogP contribution in [0.1, 0.15) is 18.9 Å². The summed E-state index contributed by atoms with van der Waals surface area (Å²) >= 11 is 0. The molecule has 212 valence electrons. The molecule has 3 aliphatic rings. The van der Waals surface area contributed by atoms with Crippen LogP contribution in [0, 0.1) is 11.8 Å². The van der Waals surface area contributed by atoms with Gasteiger partial charge in [0, 0.05) is 12.0 Å². The van der Waals surface area contributed by atoms with E-state index in [1.54, 1.807) is 0 Å². The maximum Gasteiger partial charge on any atom is 0.335 e. The zero-order valence-electron chi connectivity index (χ0n) is 20.5. The van der Waals surface area contributed by atoms with E-state index < -0.39 is 79.5 Å². The summed E-state index contributed by atoms with van der Waals surface area (Å²) in [7, 11) is 0. The quantitative estimate of drug-likeness (QED) is 0.141. The molecule has 1 aromatic rings. The number of aliphatic carboxylic acids is 1. The topological polar surface area (TPSA) is 219 Å². The van der Waals surface area contributed by atoms with Gasteiger partial charge in [0.15, 0.2) is 17.8 Å². The van der Waals surface area contributed by atoms with Crippen molar-refractivity contribution in [1.29, 1.82) is 0 Å². The highest BCUT2D eigenvalue weighted by atomic mass is 16.8. The molecule has 3 heterocycles. The fourth-order valence-electron chi connectivity index (χ4n) is 4.67. The number of aliphatic hydroxyl groups is 3. The molecule has 3 aliphatic heterocycles. The molecule has 0 aromatic heterocycles. The van der Waals surface area contributed by atoms with Crippen molar-refractivity contribution in [3.05, 3.63) is 41.7 Å². The van der Waals surface area contributed by atoms with Crippen molar-refractivity contribution < 1.29 is 68.7 Å². The number of fused-ring (bicyclic) bond motifs is 1. The molecule has 0 saturated carbocycles. The van der Waals surface area contributed by atoms with Gasteiger partial charge >= 0.3 is 17.9 Å². The minimum absolute atomic E-state index is 0.149. The van der Waals surface area contributed by atoms with Crippen LogP contribution in [0.25, 0.3) is 6.08 Å². The smallest absolute Gasteiger partial charge is 0.335 e. The molecule has 1 aromatic carbocycles. The van der Waals surface area contributed by atoms with Gasteiger partial charge in [-0.1, -0.05) is 6.07 Å².